The molecule has 0 bridgehead atoms. The van der Waals surface area contributed by atoms with Crippen molar-refractivity contribution in [1.82, 2.24) is 10.2 Å². The summed E-state index contributed by atoms with van der Waals surface area (Å²) in [5.41, 5.74) is 0.370. The number of benzene rings is 1. The Morgan fingerprint density at radius 2 is 1.75 bits per heavy atom. The summed E-state index contributed by atoms with van der Waals surface area (Å²) < 4.78 is 37.2. The predicted molar refractivity (Wildman–Crippen MR) is 102 cm³/mol. The molecule has 11 heteroatoms. The molecule has 0 saturated heterocycles. The molecule has 0 saturated carbocycles. The third kappa shape index (κ3) is 6.64. The first kappa shape index (κ1) is 21.9. The summed E-state index contributed by atoms with van der Waals surface area (Å²) in [5, 5.41) is 4.31. The Kier molecular flexibility index (Phi) is 7.19. The molecule has 0 atom stereocenters. The van der Waals surface area contributed by atoms with Crippen molar-refractivity contribution in [3.05, 3.63) is 50.6 Å². The summed E-state index contributed by atoms with van der Waals surface area (Å²) in [4.78, 5) is 37.7. The standard InChI is InChI=1S/C17H15BrF3N3O3S/c1-24(16(27)12-6-7-13(18)28-12)8-14(25)23-11-4-2-10(3-5-11)15(26)22-9-17(19,20)21/h2-7H,8-9H2,1H3,(H,22,26)(H,23,25). The highest BCUT2D eigenvalue weighted by Gasteiger charge is 2.27. The number of nitrogens with one attached hydrogen (secondary N) is 2. The van der Waals surface area contributed by atoms with Gasteiger partial charge in [0.1, 0.15) is 6.54 Å². The number of carbonyl (C=O) groups is 3. The van der Waals surface area contributed by atoms with Gasteiger partial charge in [-0.2, -0.15) is 13.2 Å². The molecular formula is C17H15BrF3N3O3S. The molecule has 1 aromatic carbocycles. The zero-order valence-corrected chi connectivity index (χ0v) is 16.9. The van der Waals surface area contributed by atoms with Crippen molar-refractivity contribution < 1.29 is 27.6 Å². The average molecular weight is 478 g/mol. The van der Waals surface area contributed by atoms with E-state index in [4.69, 9.17) is 0 Å². The van der Waals surface area contributed by atoms with Gasteiger partial charge in [0.2, 0.25) is 5.91 Å². The molecule has 3 amide bonds. The third-order valence-corrected chi connectivity index (χ3v) is 5.00. The second-order valence-corrected chi connectivity index (χ2v) is 8.15. The highest BCUT2D eigenvalue weighted by atomic mass is 79.9. The number of alkyl halides is 3. The van der Waals surface area contributed by atoms with Crippen molar-refractivity contribution in [2.75, 3.05) is 25.5 Å². The number of carbonyl (C=O) groups excluding carboxylic acids is 3. The summed E-state index contributed by atoms with van der Waals surface area (Å²) >= 11 is 4.51. The van der Waals surface area contributed by atoms with Crippen LogP contribution in [-0.4, -0.2) is 48.9 Å². The minimum Gasteiger partial charge on any atom is -0.343 e. The monoisotopic (exact) mass is 477 g/mol. The van der Waals surface area contributed by atoms with Gasteiger partial charge < -0.3 is 15.5 Å². The highest BCUT2D eigenvalue weighted by Crippen LogP contribution is 2.23. The topological polar surface area (TPSA) is 78.5 Å². The largest absolute Gasteiger partial charge is 0.405 e. The molecule has 1 aromatic heterocycles. The van der Waals surface area contributed by atoms with Gasteiger partial charge in [-0.3, -0.25) is 14.4 Å². The van der Waals surface area contributed by atoms with Crippen LogP contribution in [0.15, 0.2) is 40.2 Å². The van der Waals surface area contributed by atoms with Crippen molar-refractivity contribution in [2.24, 2.45) is 0 Å². The number of thiophene rings is 1. The van der Waals surface area contributed by atoms with E-state index >= 15 is 0 Å². The molecule has 150 valence electrons. The van der Waals surface area contributed by atoms with E-state index in [0.717, 1.165) is 3.79 Å². The van der Waals surface area contributed by atoms with Crippen LogP contribution < -0.4 is 10.6 Å². The van der Waals surface area contributed by atoms with Crippen molar-refractivity contribution in [2.45, 2.75) is 6.18 Å². The van der Waals surface area contributed by atoms with E-state index in [9.17, 15) is 27.6 Å². The second kappa shape index (κ2) is 9.20. The van der Waals surface area contributed by atoms with Gasteiger partial charge >= 0.3 is 6.18 Å². The van der Waals surface area contributed by atoms with Crippen LogP contribution in [0.25, 0.3) is 0 Å². The molecule has 2 aromatic rings. The van der Waals surface area contributed by atoms with Gasteiger partial charge in [0, 0.05) is 18.3 Å². The van der Waals surface area contributed by atoms with E-state index in [1.807, 2.05) is 0 Å². The molecular weight excluding hydrogens is 463 g/mol. The number of anilines is 1. The fourth-order valence-corrected chi connectivity index (χ4v) is 3.47. The third-order valence-electron chi connectivity index (χ3n) is 3.39. The van der Waals surface area contributed by atoms with Crippen LogP contribution in [0, 0.1) is 0 Å². The maximum absolute atomic E-state index is 12.2. The number of likely N-dealkylation sites (N-methyl/N-ethyl adjacent to an activating group) is 1. The van der Waals surface area contributed by atoms with E-state index in [-0.39, 0.29) is 18.0 Å². The van der Waals surface area contributed by atoms with E-state index in [0.29, 0.717) is 10.6 Å². The van der Waals surface area contributed by atoms with Gasteiger partial charge in [0.25, 0.3) is 11.8 Å². The first-order valence-electron chi connectivity index (χ1n) is 7.81. The Balaban J connectivity index is 1.88. The summed E-state index contributed by atoms with van der Waals surface area (Å²) in [6.45, 7) is -1.62. The molecule has 0 fully saturated rings. The Bertz CT molecular complexity index is 869. The lowest BCUT2D eigenvalue weighted by Crippen LogP contribution is -2.34. The first-order chi connectivity index (χ1) is 13.0. The zero-order valence-electron chi connectivity index (χ0n) is 14.5. The summed E-state index contributed by atoms with van der Waals surface area (Å²) in [7, 11) is 1.49. The van der Waals surface area contributed by atoms with Crippen LogP contribution >= 0.6 is 27.3 Å². The van der Waals surface area contributed by atoms with Crippen molar-refractivity contribution in [3.63, 3.8) is 0 Å². The molecule has 0 spiro atoms. The predicted octanol–water partition coefficient (Wildman–Crippen LogP) is 3.51. The fraction of sp³-hybridized carbons (Fsp3) is 0.235. The lowest BCUT2D eigenvalue weighted by molar-refractivity contribution is -0.123. The van der Waals surface area contributed by atoms with E-state index < -0.39 is 24.5 Å². The molecule has 0 aliphatic heterocycles. The number of nitrogens with zero attached hydrogens (tertiary/aromatic N) is 1. The number of hydrogen-bond acceptors (Lipinski definition) is 4. The van der Waals surface area contributed by atoms with Crippen LogP contribution in [0.4, 0.5) is 18.9 Å². The molecule has 0 radical (unpaired) electrons. The van der Waals surface area contributed by atoms with E-state index in [1.165, 1.54) is 47.5 Å². The molecule has 28 heavy (non-hydrogen) atoms. The van der Waals surface area contributed by atoms with Gasteiger partial charge in [-0.25, -0.2) is 0 Å². The Morgan fingerprint density at radius 3 is 2.29 bits per heavy atom. The van der Waals surface area contributed by atoms with Crippen molar-refractivity contribution in [3.8, 4) is 0 Å². The van der Waals surface area contributed by atoms with Gasteiger partial charge in [-0.1, -0.05) is 0 Å². The average Bonchev–Trinajstić information content (AvgIpc) is 3.05. The van der Waals surface area contributed by atoms with E-state index in [1.54, 1.807) is 17.4 Å². The quantitative estimate of drug-likeness (QED) is 0.667. The van der Waals surface area contributed by atoms with Gasteiger partial charge in [-0.05, 0) is 52.3 Å². The summed E-state index contributed by atoms with van der Waals surface area (Å²) in [6, 6.07) is 8.74. The molecule has 2 rings (SSSR count). The van der Waals surface area contributed by atoms with Gasteiger partial charge in [-0.15, -0.1) is 11.3 Å². The van der Waals surface area contributed by atoms with Gasteiger partial charge in [0.05, 0.1) is 15.2 Å². The fourth-order valence-electron chi connectivity index (χ4n) is 2.09. The Labute approximate surface area is 170 Å². The lowest BCUT2D eigenvalue weighted by atomic mass is 10.2. The highest BCUT2D eigenvalue weighted by molar-refractivity contribution is 9.11. The van der Waals surface area contributed by atoms with Crippen LogP contribution in [0.2, 0.25) is 0 Å². The SMILES string of the molecule is CN(CC(=O)Nc1ccc(C(=O)NCC(F)(F)F)cc1)C(=O)c1ccc(Br)s1. The van der Waals surface area contributed by atoms with Crippen molar-refractivity contribution in [1.29, 1.82) is 0 Å². The summed E-state index contributed by atoms with van der Waals surface area (Å²) in [5.74, 6) is -1.63. The van der Waals surface area contributed by atoms with Crippen LogP contribution in [-0.2, 0) is 4.79 Å². The first-order valence-corrected chi connectivity index (χ1v) is 9.42. The normalized spacial score (nSPS) is 11.0. The maximum atomic E-state index is 12.2. The van der Waals surface area contributed by atoms with Crippen molar-refractivity contribution >= 4 is 50.7 Å². The molecule has 0 aliphatic carbocycles. The van der Waals surface area contributed by atoms with Crippen LogP contribution in [0.3, 0.4) is 0 Å². The van der Waals surface area contributed by atoms with Crippen LogP contribution in [0.5, 0.6) is 0 Å². The number of rotatable bonds is 6. The number of hydrogen-bond donors (Lipinski definition) is 2. The van der Waals surface area contributed by atoms with Crippen LogP contribution in [0.1, 0.15) is 20.0 Å². The smallest absolute Gasteiger partial charge is 0.343 e. The minimum atomic E-state index is -4.49. The zero-order chi connectivity index (χ0) is 20.9. The Hall–Kier alpha value is -2.40. The molecule has 6 nitrogen and oxygen atoms in total. The molecule has 0 aliphatic rings. The van der Waals surface area contributed by atoms with Gasteiger partial charge in [0.15, 0.2) is 0 Å². The summed E-state index contributed by atoms with van der Waals surface area (Å²) in [6.07, 6.45) is -4.49. The second-order valence-electron chi connectivity index (χ2n) is 5.69. The molecule has 2 N–H and O–H groups in total. The molecule has 1 heterocycles. The minimum absolute atomic E-state index is 0.0258. The number of halogens is 4. The van der Waals surface area contributed by atoms with E-state index in [2.05, 4.69) is 21.2 Å². The maximum Gasteiger partial charge on any atom is 0.405 e. The lowest BCUT2D eigenvalue weighted by Gasteiger charge is -2.16. The number of amides is 3. The molecule has 0 unspecified atom stereocenters. The Morgan fingerprint density at radius 1 is 1.11 bits per heavy atom.